The third-order valence-corrected chi connectivity index (χ3v) is 6.38. The number of methoxy groups -OCH3 is 1. The second-order valence-corrected chi connectivity index (χ2v) is 9.12. The van der Waals surface area contributed by atoms with Gasteiger partial charge in [-0.3, -0.25) is 9.59 Å². The summed E-state index contributed by atoms with van der Waals surface area (Å²) in [7, 11) is 1.28. The molecule has 41 heavy (non-hydrogen) atoms. The summed E-state index contributed by atoms with van der Waals surface area (Å²) in [6.45, 7) is 0.187. The van der Waals surface area contributed by atoms with Gasteiger partial charge < -0.3 is 26.4 Å². The zero-order valence-electron chi connectivity index (χ0n) is 22.5. The Morgan fingerprint density at radius 1 is 0.951 bits per heavy atom. The molecule has 0 aliphatic carbocycles. The molecule has 3 rings (SSSR count). The van der Waals surface area contributed by atoms with E-state index in [1.54, 1.807) is 24.3 Å². The van der Waals surface area contributed by atoms with Crippen molar-refractivity contribution in [2.24, 2.45) is 16.6 Å². The number of hydrogen-bond acceptors (Lipinski definition) is 6. The van der Waals surface area contributed by atoms with Gasteiger partial charge >= 0.3 is 5.97 Å². The molecule has 1 atom stereocenters. The summed E-state index contributed by atoms with van der Waals surface area (Å²) in [6.07, 6.45) is 0.449. The molecule has 2 amide bonds. The SMILES string of the molecule is COC(=O)c1ccc(CN(C(=O)C(c2ccccc2)c2ccccc2)[C@H](CCCNC(N)=N[N+](=O)[O-])C(N)=O)cc1. The number of esters is 1. The molecule has 0 saturated heterocycles. The lowest BCUT2D eigenvalue weighted by Crippen LogP contribution is -2.49. The van der Waals surface area contributed by atoms with Crippen LogP contribution in [0.2, 0.25) is 0 Å². The predicted molar refractivity (Wildman–Crippen MR) is 152 cm³/mol. The number of nitrogens with one attached hydrogen (secondary N) is 1. The van der Waals surface area contributed by atoms with E-state index in [2.05, 4.69) is 10.4 Å². The molecule has 0 heterocycles. The van der Waals surface area contributed by atoms with Crippen LogP contribution in [0.4, 0.5) is 0 Å². The van der Waals surface area contributed by atoms with Crippen LogP contribution in [0.3, 0.4) is 0 Å². The van der Waals surface area contributed by atoms with E-state index in [4.69, 9.17) is 16.2 Å². The molecule has 0 aliphatic heterocycles. The van der Waals surface area contributed by atoms with Crippen LogP contribution in [-0.2, 0) is 20.9 Å². The van der Waals surface area contributed by atoms with Crippen molar-refractivity contribution in [3.8, 4) is 0 Å². The molecule has 3 aromatic rings. The van der Waals surface area contributed by atoms with Gasteiger partial charge in [0.2, 0.25) is 11.8 Å². The number of nitrogens with zero attached hydrogens (tertiary/aromatic N) is 3. The lowest BCUT2D eigenvalue weighted by molar-refractivity contribution is -0.485. The van der Waals surface area contributed by atoms with Gasteiger partial charge in [0.05, 0.1) is 18.6 Å². The van der Waals surface area contributed by atoms with Crippen molar-refractivity contribution in [2.75, 3.05) is 13.7 Å². The third-order valence-electron chi connectivity index (χ3n) is 6.38. The molecule has 3 aromatic carbocycles. The minimum absolute atomic E-state index is 0.0302. The van der Waals surface area contributed by atoms with Crippen molar-refractivity contribution in [1.82, 2.24) is 10.2 Å². The Morgan fingerprint density at radius 3 is 2.00 bits per heavy atom. The summed E-state index contributed by atoms with van der Waals surface area (Å²) in [4.78, 5) is 51.0. The number of hydrazone groups is 1. The van der Waals surface area contributed by atoms with Crippen LogP contribution >= 0.6 is 0 Å². The fraction of sp³-hybridized carbons (Fsp3) is 0.241. The number of carbonyl (C=O) groups excluding carboxylic acids is 3. The molecule has 0 aromatic heterocycles. The maximum atomic E-state index is 14.4. The Bertz CT molecular complexity index is 1330. The summed E-state index contributed by atoms with van der Waals surface area (Å²) >= 11 is 0. The second-order valence-electron chi connectivity index (χ2n) is 9.12. The minimum Gasteiger partial charge on any atom is -0.465 e. The largest absolute Gasteiger partial charge is 0.465 e. The monoisotopic (exact) mass is 560 g/mol. The van der Waals surface area contributed by atoms with Gasteiger partial charge in [-0.25, -0.2) is 14.9 Å². The van der Waals surface area contributed by atoms with Crippen LogP contribution in [0.5, 0.6) is 0 Å². The van der Waals surface area contributed by atoms with Crippen LogP contribution in [0.1, 0.15) is 45.8 Å². The first-order valence-electron chi connectivity index (χ1n) is 12.8. The normalized spacial score (nSPS) is 11.9. The first kappa shape index (κ1) is 30.3. The predicted octanol–water partition coefficient (Wildman–Crippen LogP) is 2.36. The second kappa shape index (κ2) is 14.8. The average molecular weight is 561 g/mol. The highest BCUT2D eigenvalue weighted by Crippen LogP contribution is 2.29. The topological polar surface area (TPSA) is 183 Å². The van der Waals surface area contributed by atoms with E-state index < -0.39 is 28.9 Å². The number of guanidine groups is 1. The lowest BCUT2D eigenvalue weighted by Gasteiger charge is -2.33. The number of benzene rings is 3. The first-order chi connectivity index (χ1) is 19.7. The summed E-state index contributed by atoms with van der Waals surface area (Å²) in [6, 6.07) is 23.9. The fourth-order valence-electron chi connectivity index (χ4n) is 4.42. The molecule has 0 unspecified atom stereocenters. The number of ether oxygens (including phenoxy) is 1. The molecule has 0 aliphatic rings. The fourth-order valence-corrected chi connectivity index (χ4v) is 4.42. The third kappa shape index (κ3) is 8.62. The summed E-state index contributed by atoms with van der Waals surface area (Å²) in [5, 5.41) is 15.2. The summed E-state index contributed by atoms with van der Waals surface area (Å²) in [5.41, 5.74) is 13.8. The van der Waals surface area contributed by atoms with E-state index in [1.165, 1.54) is 12.0 Å². The molecule has 12 nitrogen and oxygen atoms in total. The standard InChI is InChI=1S/C29H32N6O6/c1-41-28(38)23-16-14-20(15-17-23)19-34(24(26(30)36)13-8-18-32-29(31)33-35(39)40)27(37)25(21-9-4-2-5-10-21)22-11-6-3-7-12-22/h2-7,9-12,14-17,24-25H,8,13,18-19H2,1H3,(H2,30,36)(H3,31,32,33)/t24-/m1/s1. The average Bonchev–Trinajstić information content (AvgIpc) is 2.97. The molecule has 0 radical (unpaired) electrons. The molecule has 0 fully saturated rings. The van der Waals surface area contributed by atoms with Crippen molar-refractivity contribution < 1.29 is 24.2 Å². The Balaban J connectivity index is 1.97. The Hall–Kier alpha value is -5.26. The van der Waals surface area contributed by atoms with Gasteiger partial charge in [0.15, 0.2) is 5.03 Å². The van der Waals surface area contributed by atoms with E-state index in [-0.39, 0.29) is 31.4 Å². The molecule has 12 heteroatoms. The Morgan fingerprint density at radius 2 is 1.51 bits per heavy atom. The van der Waals surface area contributed by atoms with Crippen LogP contribution in [0.25, 0.3) is 0 Å². The van der Waals surface area contributed by atoms with E-state index in [1.807, 2.05) is 60.7 Å². The van der Waals surface area contributed by atoms with Gasteiger partial charge in [-0.1, -0.05) is 72.8 Å². The van der Waals surface area contributed by atoms with E-state index in [0.29, 0.717) is 17.5 Å². The van der Waals surface area contributed by atoms with Gasteiger partial charge in [-0.2, -0.15) is 0 Å². The molecule has 5 N–H and O–H groups in total. The van der Waals surface area contributed by atoms with Crippen molar-refractivity contribution >= 4 is 23.7 Å². The van der Waals surface area contributed by atoms with Crippen molar-refractivity contribution in [3.05, 3.63) is 117 Å². The summed E-state index contributed by atoms with van der Waals surface area (Å²) in [5.74, 6) is -2.66. The van der Waals surface area contributed by atoms with Gasteiger partial charge in [0.25, 0.3) is 5.96 Å². The smallest absolute Gasteiger partial charge is 0.337 e. The number of nitrogens with two attached hydrogens (primary N) is 2. The van der Waals surface area contributed by atoms with Gasteiger partial charge in [0, 0.05) is 13.1 Å². The highest BCUT2D eigenvalue weighted by atomic mass is 16.7. The van der Waals surface area contributed by atoms with E-state index in [0.717, 1.165) is 11.1 Å². The number of rotatable bonds is 13. The van der Waals surface area contributed by atoms with Crippen molar-refractivity contribution in [3.63, 3.8) is 0 Å². The minimum atomic E-state index is -1.02. The van der Waals surface area contributed by atoms with Crippen molar-refractivity contribution in [1.29, 1.82) is 0 Å². The Labute approximate surface area is 237 Å². The molecule has 0 bridgehead atoms. The van der Waals surface area contributed by atoms with E-state index in [9.17, 15) is 24.5 Å². The van der Waals surface area contributed by atoms with E-state index >= 15 is 0 Å². The molecule has 0 saturated carbocycles. The van der Waals surface area contributed by atoms with Crippen LogP contribution < -0.4 is 16.8 Å². The number of primary amides is 1. The van der Waals surface area contributed by atoms with Gasteiger partial charge in [0.1, 0.15) is 11.1 Å². The van der Waals surface area contributed by atoms with Crippen LogP contribution in [0.15, 0.2) is 90.0 Å². The maximum absolute atomic E-state index is 14.4. The quantitative estimate of drug-likeness (QED) is 0.0710. The zero-order chi connectivity index (χ0) is 29.8. The highest BCUT2D eigenvalue weighted by molar-refractivity contribution is 5.92. The molecular formula is C29H32N6O6. The van der Waals surface area contributed by atoms with Crippen LogP contribution in [0, 0.1) is 10.1 Å². The first-order valence-corrected chi connectivity index (χ1v) is 12.8. The molecule has 214 valence electrons. The van der Waals surface area contributed by atoms with Gasteiger partial charge in [-0.15, -0.1) is 0 Å². The number of carbonyl (C=O) groups is 3. The van der Waals surface area contributed by atoms with Crippen LogP contribution in [-0.4, -0.2) is 53.4 Å². The highest BCUT2D eigenvalue weighted by Gasteiger charge is 2.34. The zero-order valence-corrected chi connectivity index (χ0v) is 22.5. The van der Waals surface area contributed by atoms with Gasteiger partial charge in [-0.05, 0) is 41.7 Å². The molecular weight excluding hydrogens is 528 g/mol. The number of amides is 2. The number of nitro groups is 1. The molecule has 0 spiro atoms. The maximum Gasteiger partial charge on any atom is 0.337 e. The Kier molecular flexibility index (Phi) is 10.9. The van der Waals surface area contributed by atoms with Crippen molar-refractivity contribution in [2.45, 2.75) is 31.3 Å². The number of hydrogen-bond donors (Lipinski definition) is 3. The lowest BCUT2D eigenvalue weighted by atomic mass is 9.89. The summed E-state index contributed by atoms with van der Waals surface area (Å²) < 4.78 is 4.76.